The third kappa shape index (κ3) is 6.00. The van der Waals surface area contributed by atoms with E-state index in [1.165, 1.54) is 13.2 Å². The van der Waals surface area contributed by atoms with Crippen molar-refractivity contribution < 1.29 is 44.6 Å². The molecule has 1 aliphatic heterocycles. The minimum Gasteiger partial charge on any atom is -0.507 e. The van der Waals surface area contributed by atoms with Gasteiger partial charge in [-0.25, -0.2) is 0 Å². The number of ether oxygens (including phenoxy) is 2. The average molecular weight is 573 g/mol. The van der Waals surface area contributed by atoms with Crippen LogP contribution in [0.25, 0.3) is 0 Å². The monoisotopic (exact) mass is 572 g/mol. The van der Waals surface area contributed by atoms with E-state index in [2.05, 4.69) is 4.99 Å². The summed E-state index contributed by atoms with van der Waals surface area (Å²) in [7, 11) is 3.00. The lowest BCUT2D eigenvalue weighted by Crippen LogP contribution is -2.51. The smallest absolute Gasteiger partial charge is 0.202 e. The van der Waals surface area contributed by atoms with Crippen molar-refractivity contribution in [1.29, 1.82) is 0 Å². The van der Waals surface area contributed by atoms with Crippen LogP contribution in [0, 0.1) is 5.92 Å². The van der Waals surface area contributed by atoms with Crippen LogP contribution in [0.4, 0.5) is 0 Å². The zero-order chi connectivity index (χ0) is 30.6. The number of ketones is 2. The number of hydrogen-bond donors (Lipinski definition) is 6. The lowest BCUT2D eigenvalue weighted by Gasteiger charge is -2.33. The summed E-state index contributed by atoms with van der Waals surface area (Å²) in [6.45, 7) is 5.49. The number of hydrogen-bond acceptors (Lipinski definition) is 11. The first-order chi connectivity index (χ1) is 19.5. The van der Waals surface area contributed by atoms with Crippen molar-refractivity contribution >= 4 is 17.3 Å². The largest absolute Gasteiger partial charge is 0.507 e. The van der Waals surface area contributed by atoms with Crippen LogP contribution in [0.2, 0.25) is 0 Å². The molecule has 5 rings (SSSR count). The van der Waals surface area contributed by atoms with Gasteiger partial charge in [0.05, 0.1) is 42.6 Å². The molecule has 1 fully saturated rings. The lowest BCUT2D eigenvalue weighted by atomic mass is 9.74. The van der Waals surface area contributed by atoms with Crippen LogP contribution in [0.5, 0.6) is 17.2 Å². The second-order valence-corrected chi connectivity index (χ2v) is 9.94. The molecule has 0 spiro atoms. The Hall–Kier alpha value is -3.35. The molecule has 0 aromatic heterocycles. The molecule has 0 bridgehead atoms. The predicted octanol–water partition coefficient (Wildman–Crippen LogP) is 1.88. The van der Waals surface area contributed by atoms with E-state index in [1.54, 1.807) is 26.1 Å². The molecule has 1 saturated heterocycles. The number of aromatic hydroxyl groups is 2. The fraction of sp³-hybridized carbons (Fsp3) is 0.500. The first-order valence-electron chi connectivity index (χ1n) is 13.7. The number of phenols is 2. The summed E-state index contributed by atoms with van der Waals surface area (Å²) in [6, 6.07) is 4.33. The minimum absolute atomic E-state index is 0.0940. The summed E-state index contributed by atoms with van der Waals surface area (Å²) in [5.41, 5.74) is 6.85. The van der Waals surface area contributed by atoms with Crippen molar-refractivity contribution in [2.45, 2.75) is 71.0 Å². The van der Waals surface area contributed by atoms with Gasteiger partial charge in [-0.1, -0.05) is 26.0 Å². The van der Waals surface area contributed by atoms with Crippen molar-refractivity contribution in [2.75, 3.05) is 20.8 Å². The zero-order valence-electron chi connectivity index (χ0n) is 24.0. The van der Waals surface area contributed by atoms with Crippen LogP contribution < -0.4 is 10.5 Å². The first-order valence-corrected chi connectivity index (χ1v) is 13.7. The lowest BCUT2D eigenvalue weighted by molar-refractivity contribution is -0.198. The maximum Gasteiger partial charge on any atom is 0.202 e. The summed E-state index contributed by atoms with van der Waals surface area (Å²) in [5.74, 6) is -1.48. The fourth-order valence-corrected chi connectivity index (χ4v) is 5.58. The molecule has 5 atom stereocenters. The van der Waals surface area contributed by atoms with Crippen molar-refractivity contribution in [3.05, 3.63) is 51.6 Å². The second-order valence-electron chi connectivity index (χ2n) is 9.94. The Balaban J connectivity index is 0.000000324. The Labute approximate surface area is 239 Å². The highest BCUT2D eigenvalue weighted by Crippen LogP contribution is 2.47. The number of aliphatic hydroxyl groups is 3. The number of aliphatic imine (C=N–C) groups is 1. The molecular formula is C30H40N2O9. The number of benzene rings is 2. The number of methoxy groups -OCH3 is 1. The Kier molecular flexibility index (Phi) is 10.6. The number of rotatable bonds is 3. The number of fused-ring (bicyclic) bond motifs is 3. The van der Waals surface area contributed by atoms with Crippen molar-refractivity contribution in [3.8, 4) is 17.2 Å². The van der Waals surface area contributed by atoms with E-state index in [-0.39, 0.29) is 64.2 Å². The zero-order valence-corrected chi connectivity index (χ0v) is 24.0. The summed E-state index contributed by atoms with van der Waals surface area (Å²) in [6.07, 6.45) is -0.191. The average Bonchev–Trinajstić information content (AvgIpc) is 2.98. The van der Waals surface area contributed by atoms with Gasteiger partial charge in [-0.15, -0.1) is 0 Å². The van der Waals surface area contributed by atoms with Crippen molar-refractivity contribution in [3.63, 3.8) is 0 Å². The molecule has 0 saturated carbocycles. The Morgan fingerprint density at radius 3 is 2.29 bits per heavy atom. The molecule has 7 N–H and O–H groups in total. The van der Waals surface area contributed by atoms with Gasteiger partial charge in [0.2, 0.25) is 5.78 Å². The van der Waals surface area contributed by atoms with Gasteiger partial charge >= 0.3 is 0 Å². The summed E-state index contributed by atoms with van der Waals surface area (Å²) in [4.78, 5) is 30.5. The van der Waals surface area contributed by atoms with Crippen LogP contribution in [0.15, 0.2) is 23.2 Å². The van der Waals surface area contributed by atoms with Crippen molar-refractivity contribution in [1.82, 2.24) is 0 Å². The molecule has 3 aliphatic rings. The van der Waals surface area contributed by atoms with Gasteiger partial charge in [-0.05, 0) is 32.3 Å². The standard InChI is InChI=1S/C22H21NO6.C6H13NO3.C2H6/c1-23-14(9-24)10-6-7-11-13(8-10)21(27)17-18(19(11)25)22(28)16-12(20(17)26)4-3-5-15(16)29-2;1-3-6(9)4(7)2-5(8)10-3;1-2/h3-5,10,24-25,27H,6-9H2,1-2H3;3-6,8-9H,2,7H2,1H3;1-2H3/t10-;;/m0../s1. The summed E-state index contributed by atoms with van der Waals surface area (Å²) < 4.78 is 10.1. The molecule has 0 radical (unpaired) electrons. The number of nitrogens with two attached hydrogens (primary N) is 1. The quantitative estimate of drug-likeness (QED) is 0.199. The van der Waals surface area contributed by atoms with Crippen LogP contribution >= 0.6 is 0 Å². The van der Waals surface area contributed by atoms with Gasteiger partial charge in [-0.3, -0.25) is 14.6 Å². The number of aliphatic hydroxyl groups excluding tert-OH is 3. The molecular weight excluding hydrogens is 532 g/mol. The molecule has 41 heavy (non-hydrogen) atoms. The van der Waals surface area contributed by atoms with Crippen molar-refractivity contribution in [2.24, 2.45) is 16.6 Å². The Morgan fingerprint density at radius 2 is 1.71 bits per heavy atom. The first kappa shape index (κ1) is 32.2. The molecule has 224 valence electrons. The topological polar surface area (TPSA) is 192 Å². The maximum absolute atomic E-state index is 13.2. The van der Waals surface area contributed by atoms with E-state index < -0.39 is 24.0 Å². The number of carbonyl (C=O) groups is 2. The Morgan fingerprint density at radius 1 is 1.07 bits per heavy atom. The summed E-state index contributed by atoms with van der Waals surface area (Å²) >= 11 is 0. The van der Waals surface area contributed by atoms with E-state index in [9.17, 15) is 30.0 Å². The molecule has 11 nitrogen and oxygen atoms in total. The normalized spacial score (nSPS) is 25.0. The van der Waals surface area contributed by atoms with Gasteiger partial charge in [0.25, 0.3) is 0 Å². The molecule has 1 heterocycles. The maximum atomic E-state index is 13.2. The van der Waals surface area contributed by atoms with E-state index in [1.807, 2.05) is 13.8 Å². The minimum atomic E-state index is -0.812. The van der Waals surface area contributed by atoms with E-state index in [4.69, 9.17) is 20.3 Å². The number of phenolic OH excluding ortho intramolecular Hbond substituents is 2. The number of nitrogens with zero attached hydrogens (tertiary/aromatic N) is 1. The second kappa shape index (κ2) is 13.5. The van der Waals surface area contributed by atoms with Gasteiger partial charge in [0, 0.05) is 47.8 Å². The third-order valence-corrected chi connectivity index (χ3v) is 7.71. The molecule has 0 amide bonds. The fourth-order valence-electron chi connectivity index (χ4n) is 5.58. The van der Waals surface area contributed by atoms with Gasteiger partial charge in [0.15, 0.2) is 12.1 Å². The van der Waals surface area contributed by atoms with Gasteiger partial charge in [-0.2, -0.15) is 0 Å². The molecule has 11 heteroatoms. The van der Waals surface area contributed by atoms with E-state index >= 15 is 0 Å². The SMILES string of the molecule is CC.CC1OC(O)CC(N)C1O.CN=C(CO)[C@H]1CCc2c(O)c3c(c(O)c2C1)C(=O)c1cccc(OC)c1C3=O. The molecule has 2 aliphatic carbocycles. The highest BCUT2D eigenvalue weighted by Gasteiger charge is 2.40. The van der Waals surface area contributed by atoms with Gasteiger partial charge < -0.3 is 40.7 Å². The highest BCUT2D eigenvalue weighted by atomic mass is 16.6. The molecule has 2 aromatic carbocycles. The van der Waals surface area contributed by atoms with Crippen LogP contribution in [0.3, 0.4) is 0 Å². The Bertz CT molecular complexity index is 1310. The predicted molar refractivity (Wildman–Crippen MR) is 152 cm³/mol. The van der Waals surface area contributed by atoms with E-state index in [0.717, 1.165) is 0 Å². The third-order valence-electron chi connectivity index (χ3n) is 7.71. The van der Waals surface area contributed by atoms with E-state index in [0.29, 0.717) is 42.5 Å². The molecule has 4 unspecified atom stereocenters. The molecule has 2 aromatic rings. The van der Waals surface area contributed by atoms with Crippen LogP contribution in [-0.2, 0) is 17.6 Å². The number of carbonyl (C=O) groups excluding carboxylic acids is 2. The summed E-state index contributed by atoms with van der Waals surface area (Å²) in [5, 5.41) is 49.6. The highest BCUT2D eigenvalue weighted by molar-refractivity contribution is 6.31. The van der Waals surface area contributed by atoms with Crippen LogP contribution in [0.1, 0.15) is 76.6 Å². The van der Waals surface area contributed by atoms with Gasteiger partial charge in [0.1, 0.15) is 17.2 Å². The van der Waals surface area contributed by atoms with Crippen LogP contribution in [-0.4, -0.2) is 88.1 Å².